The average molecular weight is 378 g/mol. The number of rotatable bonds is 7. The smallest absolute Gasteiger partial charge is 0.388 e. The first-order chi connectivity index (χ1) is 11.3. The Hall–Kier alpha value is -1.52. The molecule has 0 radical (unpaired) electrons. The molecule has 0 aliphatic carbocycles. The summed E-state index contributed by atoms with van der Waals surface area (Å²) in [5, 5.41) is 14.7. The fourth-order valence-corrected chi connectivity index (χ4v) is 2.34. The number of unbranched alkanes of at least 4 members (excludes halogenated alkanes) is 2. The van der Waals surface area contributed by atoms with E-state index >= 15 is 0 Å². The number of halogens is 6. The van der Waals surface area contributed by atoms with Crippen LogP contribution < -0.4 is 5.32 Å². The molecular weight excluding hydrogens is 358 g/mol. The minimum absolute atomic E-state index is 0.329. The summed E-state index contributed by atoms with van der Waals surface area (Å²) in [6.07, 6.45) is -12.7. The Labute approximate surface area is 140 Å². The summed E-state index contributed by atoms with van der Waals surface area (Å²) in [4.78, 5) is 16.0. The molecule has 1 heterocycles. The van der Waals surface area contributed by atoms with E-state index in [-0.39, 0.29) is 6.04 Å². The third-order valence-corrected chi connectivity index (χ3v) is 3.88. The highest BCUT2D eigenvalue weighted by Gasteiger charge is 2.76. The summed E-state index contributed by atoms with van der Waals surface area (Å²) < 4.78 is 76.6. The number of carbonyl (C=O) groups is 1. The van der Waals surface area contributed by atoms with Gasteiger partial charge in [0.25, 0.3) is 11.5 Å². The first kappa shape index (κ1) is 21.5. The first-order valence-corrected chi connectivity index (χ1v) is 7.74. The van der Waals surface area contributed by atoms with Crippen LogP contribution in [0, 0.1) is 0 Å². The van der Waals surface area contributed by atoms with Crippen molar-refractivity contribution in [1.29, 1.82) is 0 Å². The summed E-state index contributed by atoms with van der Waals surface area (Å²) in [5.41, 5.74) is -5.74. The molecule has 0 bridgehead atoms. The van der Waals surface area contributed by atoms with Crippen molar-refractivity contribution in [2.75, 3.05) is 0 Å². The number of hydrogen-bond acceptors (Lipinski definition) is 4. The molecule has 2 N–H and O–H groups in total. The number of hydrogen-bond donors (Lipinski definition) is 2. The molecule has 0 aromatic heterocycles. The maximum atomic E-state index is 12.8. The van der Waals surface area contributed by atoms with E-state index < -0.39 is 42.1 Å². The Bertz CT molecular complexity index is 490. The third-order valence-electron chi connectivity index (χ3n) is 3.88. The minimum Gasteiger partial charge on any atom is -0.388 e. The Morgan fingerprint density at radius 1 is 1.28 bits per heavy atom. The van der Waals surface area contributed by atoms with E-state index in [9.17, 15) is 36.2 Å². The zero-order valence-electron chi connectivity index (χ0n) is 13.7. The maximum Gasteiger partial charge on any atom is 0.430 e. The van der Waals surface area contributed by atoms with Crippen LogP contribution >= 0.6 is 0 Å². The predicted molar refractivity (Wildman–Crippen MR) is 75.7 cm³/mol. The van der Waals surface area contributed by atoms with E-state index in [1.165, 1.54) is 0 Å². The Kier molecular flexibility index (Phi) is 6.71. The Balaban J connectivity index is 2.74. The van der Waals surface area contributed by atoms with Crippen molar-refractivity contribution in [2.24, 2.45) is 5.16 Å². The van der Waals surface area contributed by atoms with Crippen LogP contribution in [-0.4, -0.2) is 46.8 Å². The number of oxime groups is 1. The van der Waals surface area contributed by atoms with Gasteiger partial charge in [-0.2, -0.15) is 26.3 Å². The average Bonchev–Trinajstić information content (AvgIpc) is 2.94. The fourth-order valence-electron chi connectivity index (χ4n) is 2.34. The quantitative estimate of drug-likeness (QED) is 0.528. The Morgan fingerprint density at radius 2 is 1.84 bits per heavy atom. The van der Waals surface area contributed by atoms with Gasteiger partial charge in [-0.15, -0.1) is 0 Å². The number of alkyl halides is 6. The van der Waals surface area contributed by atoms with Gasteiger partial charge in [-0.3, -0.25) is 4.79 Å². The molecule has 1 amide bonds. The first-order valence-electron chi connectivity index (χ1n) is 7.74. The molecule has 1 aliphatic heterocycles. The number of nitrogens with one attached hydrogen (secondary N) is 1. The summed E-state index contributed by atoms with van der Waals surface area (Å²) in [6, 6.07) is -0.329. The Morgan fingerprint density at radius 3 is 2.32 bits per heavy atom. The highest BCUT2D eigenvalue weighted by atomic mass is 19.4. The molecule has 1 aliphatic rings. The second kappa shape index (κ2) is 7.79. The number of aliphatic hydroxyl groups is 1. The number of amides is 1. The predicted octanol–water partition coefficient (Wildman–Crippen LogP) is 3.07. The summed E-state index contributed by atoms with van der Waals surface area (Å²) in [6.45, 7) is 3.64. The zero-order valence-corrected chi connectivity index (χ0v) is 13.7. The highest BCUT2D eigenvalue weighted by molar-refractivity contribution is 6.39. The van der Waals surface area contributed by atoms with Crippen LogP contribution in [-0.2, 0) is 9.63 Å². The van der Waals surface area contributed by atoms with Gasteiger partial charge in [0.15, 0.2) is 6.10 Å². The van der Waals surface area contributed by atoms with Crippen LogP contribution in [0.3, 0.4) is 0 Å². The lowest BCUT2D eigenvalue weighted by molar-refractivity contribution is -0.392. The molecular formula is C14H20F6N2O3. The van der Waals surface area contributed by atoms with Crippen LogP contribution in [0.15, 0.2) is 5.16 Å². The SMILES string of the molecule is CCCCCC(C)NC(=O)C1=NOC(C(O)(C(F)(F)F)C(F)(F)F)C1. The zero-order chi connectivity index (χ0) is 19.5. The molecule has 25 heavy (non-hydrogen) atoms. The van der Waals surface area contributed by atoms with Crippen molar-refractivity contribution >= 4 is 11.6 Å². The van der Waals surface area contributed by atoms with Gasteiger partial charge in [0.1, 0.15) is 5.71 Å². The van der Waals surface area contributed by atoms with Crippen molar-refractivity contribution in [2.45, 2.75) is 76.1 Å². The second-order valence-electron chi connectivity index (χ2n) is 5.97. The van der Waals surface area contributed by atoms with Gasteiger partial charge < -0.3 is 15.3 Å². The molecule has 11 heteroatoms. The van der Waals surface area contributed by atoms with Gasteiger partial charge in [0.2, 0.25) is 0 Å². The molecule has 0 aromatic rings. The van der Waals surface area contributed by atoms with E-state index in [2.05, 4.69) is 15.3 Å². The van der Waals surface area contributed by atoms with E-state index in [0.29, 0.717) is 6.42 Å². The minimum atomic E-state index is -6.04. The maximum absolute atomic E-state index is 12.8. The van der Waals surface area contributed by atoms with Crippen LogP contribution in [0.4, 0.5) is 26.3 Å². The van der Waals surface area contributed by atoms with Crippen molar-refractivity contribution in [3.8, 4) is 0 Å². The normalized spacial score (nSPS) is 20.0. The van der Waals surface area contributed by atoms with Gasteiger partial charge >= 0.3 is 12.4 Å². The summed E-state index contributed by atoms with van der Waals surface area (Å²) in [7, 11) is 0. The van der Waals surface area contributed by atoms with Crippen LogP contribution in [0.25, 0.3) is 0 Å². The van der Waals surface area contributed by atoms with Crippen LogP contribution in [0.1, 0.15) is 46.0 Å². The van der Waals surface area contributed by atoms with Crippen LogP contribution in [0.5, 0.6) is 0 Å². The second-order valence-corrected chi connectivity index (χ2v) is 5.97. The van der Waals surface area contributed by atoms with Gasteiger partial charge in [-0.1, -0.05) is 31.3 Å². The molecule has 0 fully saturated rings. The molecule has 0 aromatic carbocycles. The lowest BCUT2D eigenvalue weighted by Gasteiger charge is -2.35. The van der Waals surface area contributed by atoms with Crippen molar-refractivity contribution in [1.82, 2.24) is 5.32 Å². The molecule has 5 nitrogen and oxygen atoms in total. The summed E-state index contributed by atoms with van der Waals surface area (Å²) in [5.74, 6) is -0.918. The molecule has 146 valence electrons. The molecule has 2 atom stereocenters. The van der Waals surface area contributed by atoms with E-state index in [1.54, 1.807) is 6.92 Å². The van der Waals surface area contributed by atoms with Gasteiger partial charge in [-0.25, -0.2) is 0 Å². The fraction of sp³-hybridized carbons (Fsp3) is 0.857. The highest BCUT2D eigenvalue weighted by Crippen LogP contribution is 2.48. The van der Waals surface area contributed by atoms with E-state index in [1.807, 2.05) is 6.92 Å². The number of nitrogens with zero attached hydrogens (tertiary/aromatic N) is 1. The van der Waals surface area contributed by atoms with Crippen LogP contribution in [0.2, 0.25) is 0 Å². The molecule has 2 unspecified atom stereocenters. The van der Waals surface area contributed by atoms with E-state index in [4.69, 9.17) is 0 Å². The molecule has 0 saturated carbocycles. The van der Waals surface area contributed by atoms with E-state index in [0.717, 1.165) is 19.3 Å². The number of carbonyl (C=O) groups excluding carboxylic acids is 1. The third kappa shape index (κ3) is 4.77. The topological polar surface area (TPSA) is 70.9 Å². The lowest BCUT2D eigenvalue weighted by Crippen LogP contribution is -2.64. The standard InChI is InChI=1S/C14H20F6N2O3/c1-3-4-5-6-8(2)21-11(23)9-7-10(25-22-9)12(24,13(15,16)17)14(18,19)20/h8,10,24H,3-7H2,1-2H3,(H,21,23). The van der Waals surface area contributed by atoms with Gasteiger partial charge in [0, 0.05) is 12.5 Å². The molecule has 1 rings (SSSR count). The van der Waals surface area contributed by atoms with Gasteiger partial charge in [0.05, 0.1) is 0 Å². The largest absolute Gasteiger partial charge is 0.430 e. The monoisotopic (exact) mass is 378 g/mol. The van der Waals surface area contributed by atoms with Crippen molar-refractivity contribution in [3.63, 3.8) is 0 Å². The molecule has 0 saturated heterocycles. The summed E-state index contributed by atoms with van der Waals surface area (Å²) >= 11 is 0. The van der Waals surface area contributed by atoms with Crippen molar-refractivity contribution in [3.05, 3.63) is 0 Å². The van der Waals surface area contributed by atoms with Gasteiger partial charge in [-0.05, 0) is 13.3 Å². The lowest BCUT2D eigenvalue weighted by atomic mass is 9.91. The van der Waals surface area contributed by atoms with Crippen molar-refractivity contribution < 1.29 is 41.1 Å². The molecule has 0 spiro atoms.